The van der Waals surface area contributed by atoms with Crippen LogP contribution in [0.3, 0.4) is 0 Å². The van der Waals surface area contributed by atoms with Crippen molar-refractivity contribution in [3.8, 4) is 17.2 Å². The molecular weight excluding hydrogens is 548 g/mol. The summed E-state index contributed by atoms with van der Waals surface area (Å²) >= 11 is 4.47. The molecule has 0 aliphatic carbocycles. The van der Waals surface area contributed by atoms with E-state index in [1.807, 2.05) is 12.1 Å². The Labute approximate surface area is 174 Å². The van der Waals surface area contributed by atoms with Crippen LogP contribution in [-0.4, -0.2) is 31.3 Å². The minimum absolute atomic E-state index is 0.0199. The SMILES string of the molecule is COCCNC(=O)CCc1cc(I)c(Oc2ccc(O)cc2)c(I)c1. The topological polar surface area (TPSA) is 67.8 Å². The molecule has 7 heteroatoms. The van der Waals surface area contributed by atoms with E-state index in [4.69, 9.17) is 9.47 Å². The van der Waals surface area contributed by atoms with E-state index in [9.17, 15) is 9.90 Å². The van der Waals surface area contributed by atoms with Gasteiger partial charge in [-0.1, -0.05) is 0 Å². The summed E-state index contributed by atoms with van der Waals surface area (Å²) in [6, 6.07) is 10.7. The quantitative estimate of drug-likeness (QED) is 0.373. The number of phenols is 1. The van der Waals surface area contributed by atoms with E-state index in [1.54, 1.807) is 31.4 Å². The fourth-order valence-corrected chi connectivity index (χ4v) is 4.24. The molecule has 134 valence electrons. The number of hydrogen-bond donors (Lipinski definition) is 2. The normalized spacial score (nSPS) is 10.5. The maximum Gasteiger partial charge on any atom is 0.220 e. The Morgan fingerprint density at radius 2 is 1.80 bits per heavy atom. The Morgan fingerprint density at radius 3 is 2.40 bits per heavy atom. The van der Waals surface area contributed by atoms with Gasteiger partial charge in [-0.25, -0.2) is 0 Å². The van der Waals surface area contributed by atoms with Crippen LogP contribution in [0.4, 0.5) is 0 Å². The average Bonchev–Trinajstić information content (AvgIpc) is 2.58. The van der Waals surface area contributed by atoms with Gasteiger partial charge in [-0.3, -0.25) is 4.79 Å². The molecule has 0 saturated carbocycles. The summed E-state index contributed by atoms with van der Waals surface area (Å²) in [5, 5.41) is 12.2. The van der Waals surface area contributed by atoms with Crippen LogP contribution in [0.25, 0.3) is 0 Å². The van der Waals surface area contributed by atoms with Crippen molar-refractivity contribution in [1.29, 1.82) is 0 Å². The summed E-state index contributed by atoms with van der Waals surface area (Å²) in [5.74, 6) is 1.67. The first-order valence-corrected chi connectivity index (χ1v) is 9.86. The number of halogens is 2. The number of rotatable bonds is 8. The molecule has 0 aliphatic heterocycles. The molecule has 1 amide bonds. The zero-order chi connectivity index (χ0) is 18.2. The lowest BCUT2D eigenvalue weighted by molar-refractivity contribution is -0.121. The van der Waals surface area contributed by atoms with Gasteiger partial charge in [0.15, 0.2) is 5.75 Å². The molecule has 2 rings (SSSR count). The Balaban J connectivity index is 1.99. The molecule has 0 bridgehead atoms. The zero-order valence-electron chi connectivity index (χ0n) is 13.7. The summed E-state index contributed by atoms with van der Waals surface area (Å²) in [5.41, 5.74) is 1.09. The van der Waals surface area contributed by atoms with E-state index in [1.165, 1.54) is 0 Å². The number of methoxy groups -OCH3 is 1. The van der Waals surface area contributed by atoms with Crippen LogP contribution < -0.4 is 10.1 Å². The van der Waals surface area contributed by atoms with Crippen molar-refractivity contribution >= 4 is 51.1 Å². The standard InChI is InChI=1S/C18H19I2NO4/c1-24-9-8-21-17(23)7-2-12-10-15(19)18(16(20)11-12)25-14-5-3-13(22)4-6-14/h3-6,10-11,22H,2,7-9H2,1H3,(H,21,23). The maximum absolute atomic E-state index is 11.8. The minimum Gasteiger partial charge on any atom is -0.508 e. The fourth-order valence-electron chi connectivity index (χ4n) is 2.13. The molecule has 0 heterocycles. The van der Waals surface area contributed by atoms with Gasteiger partial charge in [0.2, 0.25) is 5.91 Å². The van der Waals surface area contributed by atoms with Gasteiger partial charge in [0.05, 0.1) is 13.7 Å². The van der Waals surface area contributed by atoms with Crippen LogP contribution in [0.5, 0.6) is 17.2 Å². The predicted molar refractivity (Wildman–Crippen MR) is 113 cm³/mol. The average molecular weight is 567 g/mol. The van der Waals surface area contributed by atoms with Crippen LogP contribution in [0.15, 0.2) is 36.4 Å². The van der Waals surface area contributed by atoms with Crippen molar-refractivity contribution in [3.63, 3.8) is 0 Å². The van der Waals surface area contributed by atoms with Crippen molar-refractivity contribution < 1.29 is 19.4 Å². The highest BCUT2D eigenvalue weighted by atomic mass is 127. The molecule has 2 N–H and O–H groups in total. The number of nitrogens with one attached hydrogen (secondary N) is 1. The summed E-state index contributed by atoms with van der Waals surface area (Å²) in [6.07, 6.45) is 1.11. The number of aryl methyl sites for hydroxylation is 1. The third-order valence-electron chi connectivity index (χ3n) is 3.38. The second-order valence-electron chi connectivity index (χ2n) is 5.33. The number of benzene rings is 2. The van der Waals surface area contributed by atoms with E-state index >= 15 is 0 Å². The fraction of sp³-hybridized carbons (Fsp3) is 0.278. The Hall–Kier alpha value is -1.07. The van der Waals surface area contributed by atoms with E-state index in [0.29, 0.717) is 31.7 Å². The van der Waals surface area contributed by atoms with Gasteiger partial charge in [0.25, 0.3) is 0 Å². The van der Waals surface area contributed by atoms with Crippen LogP contribution in [-0.2, 0) is 16.0 Å². The third kappa shape index (κ3) is 6.63. The maximum atomic E-state index is 11.8. The van der Waals surface area contributed by atoms with Crippen LogP contribution in [0, 0.1) is 7.14 Å². The lowest BCUT2D eigenvalue weighted by Crippen LogP contribution is -2.27. The lowest BCUT2D eigenvalue weighted by Gasteiger charge is -2.12. The van der Waals surface area contributed by atoms with Gasteiger partial charge in [-0.15, -0.1) is 0 Å². The Bertz CT molecular complexity index is 697. The van der Waals surface area contributed by atoms with Gasteiger partial charge < -0.3 is 19.9 Å². The number of ether oxygens (including phenoxy) is 2. The molecule has 2 aromatic rings. The smallest absolute Gasteiger partial charge is 0.220 e. The first-order valence-electron chi connectivity index (χ1n) is 7.70. The largest absolute Gasteiger partial charge is 0.508 e. The molecule has 0 fully saturated rings. The zero-order valence-corrected chi connectivity index (χ0v) is 18.0. The van der Waals surface area contributed by atoms with Crippen molar-refractivity contribution in [1.82, 2.24) is 5.32 Å². The van der Waals surface area contributed by atoms with Gasteiger partial charge in [0, 0.05) is 20.1 Å². The number of phenolic OH excluding ortho intramolecular Hbond substituents is 1. The number of hydrogen-bond acceptors (Lipinski definition) is 4. The van der Waals surface area contributed by atoms with E-state index < -0.39 is 0 Å². The molecule has 5 nitrogen and oxygen atoms in total. The first-order chi connectivity index (χ1) is 12.0. The molecule has 25 heavy (non-hydrogen) atoms. The minimum atomic E-state index is 0.0199. The summed E-state index contributed by atoms with van der Waals surface area (Å²) in [7, 11) is 1.61. The lowest BCUT2D eigenvalue weighted by atomic mass is 10.1. The van der Waals surface area contributed by atoms with Gasteiger partial charge in [-0.05, 0) is 93.6 Å². The predicted octanol–water partition coefficient (Wildman–Crippen LogP) is 4.09. The van der Waals surface area contributed by atoms with Gasteiger partial charge in [-0.2, -0.15) is 0 Å². The third-order valence-corrected chi connectivity index (χ3v) is 4.99. The van der Waals surface area contributed by atoms with Crippen LogP contribution >= 0.6 is 45.2 Å². The molecule has 0 unspecified atom stereocenters. The summed E-state index contributed by atoms with van der Waals surface area (Å²) in [4.78, 5) is 11.8. The van der Waals surface area contributed by atoms with E-state index in [-0.39, 0.29) is 11.7 Å². The molecule has 0 atom stereocenters. The molecule has 0 saturated heterocycles. The summed E-state index contributed by atoms with van der Waals surface area (Å²) < 4.78 is 12.8. The monoisotopic (exact) mass is 567 g/mol. The number of aromatic hydroxyl groups is 1. The van der Waals surface area contributed by atoms with Crippen molar-refractivity contribution in [3.05, 3.63) is 49.1 Å². The van der Waals surface area contributed by atoms with Gasteiger partial charge >= 0.3 is 0 Å². The summed E-state index contributed by atoms with van der Waals surface area (Å²) in [6.45, 7) is 1.05. The van der Waals surface area contributed by atoms with Crippen molar-refractivity contribution in [2.45, 2.75) is 12.8 Å². The van der Waals surface area contributed by atoms with Crippen molar-refractivity contribution in [2.75, 3.05) is 20.3 Å². The van der Waals surface area contributed by atoms with Crippen molar-refractivity contribution in [2.24, 2.45) is 0 Å². The highest BCUT2D eigenvalue weighted by Gasteiger charge is 2.11. The number of carbonyl (C=O) groups excluding carboxylic acids is 1. The first kappa shape index (κ1) is 20.2. The van der Waals surface area contributed by atoms with E-state index in [0.717, 1.165) is 18.5 Å². The number of carbonyl (C=O) groups is 1. The number of amides is 1. The molecular formula is C18H19I2NO4. The van der Waals surface area contributed by atoms with Crippen LogP contribution in [0.2, 0.25) is 0 Å². The molecule has 0 spiro atoms. The van der Waals surface area contributed by atoms with Crippen LogP contribution in [0.1, 0.15) is 12.0 Å². The Morgan fingerprint density at radius 1 is 1.16 bits per heavy atom. The second kappa shape index (κ2) is 10.2. The molecule has 2 aromatic carbocycles. The highest BCUT2D eigenvalue weighted by Crippen LogP contribution is 2.33. The van der Waals surface area contributed by atoms with Gasteiger partial charge in [0.1, 0.15) is 11.5 Å². The highest BCUT2D eigenvalue weighted by molar-refractivity contribution is 14.1. The molecule has 0 radical (unpaired) electrons. The molecule has 0 aliphatic rings. The molecule has 0 aromatic heterocycles. The Kier molecular flexibility index (Phi) is 8.24. The second-order valence-corrected chi connectivity index (χ2v) is 7.65. The van der Waals surface area contributed by atoms with E-state index in [2.05, 4.69) is 50.5 Å².